The first-order valence-corrected chi connectivity index (χ1v) is 5.74. The molecule has 1 aromatic rings. The smallest absolute Gasteiger partial charge is 0.0931 e. The third-order valence-corrected chi connectivity index (χ3v) is 2.66. The molecule has 3 heteroatoms. The molecular formula is C10H18N2S. The van der Waals surface area contributed by atoms with E-state index in [1.165, 1.54) is 10.7 Å². The number of thiazole rings is 1. The summed E-state index contributed by atoms with van der Waals surface area (Å²) >= 11 is 1.78. The molecule has 0 spiro atoms. The average Bonchev–Trinajstić information content (AvgIpc) is 2.48. The zero-order valence-electron chi connectivity index (χ0n) is 8.63. The molecule has 0 aromatic carbocycles. The number of nitrogens with zero attached hydrogens (tertiary/aromatic N) is 1. The van der Waals surface area contributed by atoms with Crippen LogP contribution in [0, 0.1) is 5.92 Å². The van der Waals surface area contributed by atoms with Gasteiger partial charge >= 0.3 is 0 Å². The number of hydrogen-bond donors (Lipinski definition) is 1. The van der Waals surface area contributed by atoms with Crippen molar-refractivity contribution in [3.63, 3.8) is 0 Å². The molecule has 1 rings (SSSR count). The lowest BCUT2D eigenvalue weighted by Gasteiger charge is -1.99. The molecule has 0 amide bonds. The van der Waals surface area contributed by atoms with Crippen LogP contribution in [-0.2, 0) is 13.0 Å². The Labute approximate surface area is 84.4 Å². The topological polar surface area (TPSA) is 24.9 Å². The fourth-order valence-electron chi connectivity index (χ4n) is 1.13. The summed E-state index contributed by atoms with van der Waals surface area (Å²) in [5.74, 6) is 0.707. The minimum Gasteiger partial charge on any atom is -0.311 e. The van der Waals surface area contributed by atoms with E-state index in [1.54, 1.807) is 11.3 Å². The van der Waals surface area contributed by atoms with E-state index in [0.717, 1.165) is 19.5 Å². The first kappa shape index (κ1) is 10.7. The second-order valence-corrected chi connectivity index (χ2v) is 4.55. The van der Waals surface area contributed by atoms with E-state index in [9.17, 15) is 0 Å². The summed E-state index contributed by atoms with van der Waals surface area (Å²) in [6, 6.07) is 0. The van der Waals surface area contributed by atoms with Crippen molar-refractivity contribution in [3.05, 3.63) is 16.1 Å². The molecule has 13 heavy (non-hydrogen) atoms. The highest BCUT2D eigenvalue weighted by atomic mass is 32.1. The molecule has 1 heterocycles. The summed E-state index contributed by atoms with van der Waals surface area (Å²) in [4.78, 5) is 4.54. The molecule has 0 aliphatic carbocycles. The summed E-state index contributed by atoms with van der Waals surface area (Å²) in [5, 5.41) is 6.70. The molecule has 2 nitrogen and oxygen atoms in total. The van der Waals surface area contributed by atoms with Crippen LogP contribution in [0.1, 0.15) is 31.5 Å². The van der Waals surface area contributed by atoms with Gasteiger partial charge in [-0.25, -0.2) is 4.98 Å². The van der Waals surface area contributed by atoms with E-state index in [0.29, 0.717) is 5.92 Å². The summed E-state index contributed by atoms with van der Waals surface area (Å²) in [5.41, 5.74) is 1.18. The van der Waals surface area contributed by atoms with Crippen molar-refractivity contribution in [1.29, 1.82) is 0 Å². The number of aromatic nitrogens is 1. The van der Waals surface area contributed by atoms with Crippen LogP contribution in [-0.4, -0.2) is 11.5 Å². The van der Waals surface area contributed by atoms with Crippen LogP contribution in [0.25, 0.3) is 0 Å². The van der Waals surface area contributed by atoms with Crippen LogP contribution in [0.15, 0.2) is 5.38 Å². The predicted molar refractivity (Wildman–Crippen MR) is 58.0 cm³/mol. The van der Waals surface area contributed by atoms with Crippen LogP contribution in [0.2, 0.25) is 0 Å². The molecule has 0 atom stereocenters. The fraction of sp³-hybridized carbons (Fsp3) is 0.700. The third kappa shape index (κ3) is 3.87. The quantitative estimate of drug-likeness (QED) is 0.786. The Kier molecular flexibility index (Phi) is 4.39. The summed E-state index contributed by atoms with van der Waals surface area (Å²) in [7, 11) is 0. The largest absolute Gasteiger partial charge is 0.311 e. The molecule has 0 saturated carbocycles. The Bertz CT molecular complexity index is 243. The Balaban J connectivity index is 2.44. The van der Waals surface area contributed by atoms with Crippen molar-refractivity contribution in [3.8, 4) is 0 Å². The predicted octanol–water partition coefficient (Wildman–Crippen LogP) is 2.45. The monoisotopic (exact) mass is 198 g/mol. The SMILES string of the molecule is CCNCc1csc(CC(C)C)n1. The number of nitrogens with one attached hydrogen (secondary N) is 1. The van der Waals surface area contributed by atoms with E-state index >= 15 is 0 Å². The highest BCUT2D eigenvalue weighted by molar-refractivity contribution is 7.09. The van der Waals surface area contributed by atoms with Gasteiger partial charge in [0.15, 0.2) is 0 Å². The standard InChI is InChI=1S/C10H18N2S/c1-4-11-6-9-7-13-10(12-9)5-8(2)3/h7-8,11H,4-6H2,1-3H3. The van der Waals surface area contributed by atoms with Gasteiger partial charge in [0.2, 0.25) is 0 Å². The van der Waals surface area contributed by atoms with E-state index in [2.05, 4.69) is 36.5 Å². The minimum absolute atomic E-state index is 0.707. The van der Waals surface area contributed by atoms with Gasteiger partial charge in [-0.2, -0.15) is 0 Å². The third-order valence-electron chi connectivity index (χ3n) is 1.74. The van der Waals surface area contributed by atoms with Crippen molar-refractivity contribution >= 4 is 11.3 Å². The van der Waals surface area contributed by atoms with Gasteiger partial charge in [0.1, 0.15) is 0 Å². The van der Waals surface area contributed by atoms with Crippen LogP contribution in [0.3, 0.4) is 0 Å². The normalized spacial score (nSPS) is 11.1. The summed E-state index contributed by atoms with van der Waals surface area (Å²) in [6.45, 7) is 8.49. The van der Waals surface area contributed by atoms with Gasteiger partial charge < -0.3 is 5.32 Å². The van der Waals surface area contributed by atoms with Crippen LogP contribution in [0.4, 0.5) is 0 Å². The van der Waals surface area contributed by atoms with Gasteiger partial charge in [-0.15, -0.1) is 11.3 Å². The van der Waals surface area contributed by atoms with E-state index < -0.39 is 0 Å². The number of hydrogen-bond acceptors (Lipinski definition) is 3. The Hall–Kier alpha value is -0.410. The first-order valence-electron chi connectivity index (χ1n) is 4.86. The van der Waals surface area contributed by atoms with Gasteiger partial charge in [0.05, 0.1) is 10.7 Å². The van der Waals surface area contributed by atoms with Gasteiger partial charge in [-0.1, -0.05) is 20.8 Å². The maximum atomic E-state index is 4.54. The number of rotatable bonds is 5. The lowest BCUT2D eigenvalue weighted by atomic mass is 10.1. The molecule has 0 aliphatic rings. The van der Waals surface area contributed by atoms with Crippen molar-refractivity contribution in [2.45, 2.75) is 33.7 Å². The lowest BCUT2D eigenvalue weighted by Crippen LogP contribution is -2.11. The molecule has 0 fully saturated rings. The van der Waals surface area contributed by atoms with Crippen molar-refractivity contribution < 1.29 is 0 Å². The van der Waals surface area contributed by atoms with Gasteiger partial charge in [0.25, 0.3) is 0 Å². The van der Waals surface area contributed by atoms with Crippen LogP contribution >= 0.6 is 11.3 Å². The maximum Gasteiger partial charge on any atom is 0.0931 e. The van der Waals surface area contributed by atoms with Crippen LogP contribution < -0.4 is 5.32 Å². The van der Waals surface area contributed by atoms with E-state index in [-0.39, 0.29) is 0 Å². The molecular weight excluding hydrogens is 180 g/mol. The van der Waals surface area contributed by atoms with Crippen molar-refractivity contribution in [2.75, 3.05) is 6.54 Å². The molecule has 0 unspecified atom stereocenters. The molecule has 0 bridgehead atoms. The van der Waals surface area contributed by atoms with Gasteiger partial charge in [0, 0.05) is 18.3 Å². The highest BCUT2D eigenvalue weighted by Crippen LogP contribution is 2.13. The van der Waals surface area contributed by atoms with Crippen molar-refractivity contribution in [2.24, 2.45) is 5.92 Å². The van der Waals surface area contributed by atoms with E-state index in [4.69, 9.17) is 0 Å². The average molecular weight is 198 g/mol. The summed E-state index contributed by atoms with van der Waals surface area (Å²) < 4.78 is 0. The second kappa shape index (κ2) is 5.35. The molecule has 0 aliphatic heterocycles. The Morgan fingerprint density at radius 3 is 2.92 bits per heavy atom. The molecule has 1 aromatic heterocycles. The molecule has 0 saturated heterocycles. The fourth-order valence-corrected chi connectivity index (χ4v) is 2.13. The Morgan fingerprint density at radius 1 is 1.54 bits per heavy atom. The molecule has 74 valence electrons. The zero-order chi connectivity index (χ0) is 9.68. The lowest BCUT2D eigenvalue weighted by molar-refractivity contribution is 0.639. The van der Waals surface area contributed by atoms with Gasteiger partial charge in [-0.05, 0) is 12.5 Å². The second-order valence-electron chi connectivity index (χ2n) is 3.61. The first-order chi connectivity index (χ1) is 6.22. The van der Waals surface area contributed by atoms with Gasteiger partial charge in [-0.3, -0.25) is 0 Å². The Morgan fingerprint density at radius 2 is 2.31 bits per heavy atom. The highest BCUT2D eigenvalue weighted by Gasteiger charge is 2.03. The minimum atomic E-state index is 0.707. The van der Waals surface area contributed by atoms with E-state index in [1.807, 2.05) is 0 Å². The van der Waals surface area contributed by atoms with Crippen molar-refractivity contribution in [1.82, 2.24) is 10.3 Å². The van der Waals surface area contributed by atoms with Crippen LogP contribution in [0.5, 0.6) is 0 Å². The molecule has 0 radical (unpaired) electrons. The summed E-state index contributed by atoms with van der Waals surface area (Å²) in [6.07, 6.45) is 1.11. The molecule has 1 N–H and O–H groups in total. The zero-order valence-corrected chi connectivity index (χ0v) is 9.45. The maximum absolute atomic E-state index is 4.54.